The van der Waals surface area contributed by atoms with E-state index in [-0.39, 0.29) is 24.5 Å². The van der Waals surface area contributed by atoms with E-state index in [1.165, 1.54) is 6.20 Å². The van der Waals surface area contributed by atoms with E-state index < -0.39 is 0 Å². The van der Waals surface area contributed by atoms with Crippen LogP contribution in [0.15, 0.2) is 67.1 Å². The van der Waals surface area contributed by atoms with Gasteiger partial charge in [-0.3, -0.25) is 14.6 Å². The molecule has 0 radical (unpaired) electrons. The Bertz CT molecular complexity index is 1060. The van der Waals surface area contributed by atoms with E-state index in [0.717, 1.165) is 5.56 Å². The Morgan fingerprint density at radius 3 is 2.84 bits per heavy atom. The highest BCUT2D eigenvalue weighted by Crippen LogP contribution is 2.29. The molecule has 4 rings (SSSR count). The molecule has 0 saturated heterocycles. The summed E-state index contributed by atoms with van der Waals surface area (Å²) in [5.74, 6) is 0.866. The van der Waals surface area contributed by atoms with Crippen molar-refractivity contribution in [2.75, 3.05) is 23.3 Å². The van der Waals surface area contributed by atoms with Gasteiger partial charge in [-0.25, -0.2) is 4.98 Å². The molecule has 8 nitrogen and oxygen atoms in total. The first-order valence-corrected chi connectivity index (χ1v) is 10.0. The van der Waals surface area contributed by atoms with Gasteiger partial charge in [0.1, 0.15) is 11.9 Å². The molecule has 0 aliphatic carbocycles. The Morgan fingerprint density at radius 1 is 1.23 bits per heavy atom. The molecule has 0 fully saturated rings. The number of amides is 2. The van der Waals surface area contributed by atoms with E-state index in [4.69, 9.17) is 4.74 Å². The molecule has 0 spiro atoms. The number of nitrogens with one attached hydrogen (secondary N) is 2. The summed E-state index contributed by atoms with van der Waals surface area (Å²) in [6.45, 7) is 2.76. The second-order valence-electron chi connectivity index (χ2n) is 7.24. The fourth-order valence-electron chi connectivity index (χ4n) is 3.28. The van der Waals surface area contributed by atoms with Gasteiger partial charge in [0, 0.05) is 12.4 Å². The van der Waals surface area contributed by atoms with Crippen LogP contribution in [0.1, 0.15) is 22.8 Å². The topological polar surface area (TPSA) is 96.5 Å². The highest BCUT2D eigenvalue weighted by atomic mass is 16.5. The Balaban J connectivity index is 1.45. The average molecular weight is 417 g/mol. The minimum absolute atomic E-state index is 0.0748. The molecule has 1 aromatic carbocycles. The maximum absolute atomic E-state index is 12.7. The number of ether oxygens (including phenoxy) is 1. The lowest BCUT2D eigenvalue weighted by Gasteiger charge is -2.29. The second-order valence-corrected chi connectivity index (χ2v) is 7.24. The maximum Gasteiger partial charge on any atom is 0.253 e. The Morgan fingerprint density at radius 2 is 2.06 bits per heavy atom. The van der Waals surface area contributed by atoms with Gasteiger partial charge >= 0.3 is 0 Å². The second kappa shape index (κ2) is 9.25. The summed E-state index contributed by atoms with van der Waals surface area (Å²) in [6, 6.07) is 15.0. The molecule has 1 unspecified atom stereocenters. The van der Waals surface area contributed by atoms with E-state index in [1.807, 2.05) is 43.3 Å². The Labute approximate surface area is 180 Å². The SMILES string of the molecule is CC(CNC(=O)c1cnc2c(c1)N(Cc1ccccc1)C(=O)CN2)Oc1cccnc1. The molecular weight excluding hydrogens is 394 g/mol. The molecule has 0 bridgehead atoms. The van der Waals surface area contributed by atoms with Gasteiger partial charge in [-0.2, -0.15) is 0 Å². The lowest BCUT2D eigenvalue weighted by Crippen LogP contribution is -2.40. The van der Waals surface area contributed by atoms with Crippen LogP contribution in [0, 0.1) is 0 Å². The predicted octanol–water partition coefficient (Wildman–Crippen LogP) is 2.63. The van der Waals surface area contributed by atoms with E-state index in [0.29, 0.717) is 35.9 Å². The summed E-state index contributed by atoms with van der Waals surface area (Å²) in [4.78, 5) is 35.2. The Hall–Kier alpha value is -3.94. The molecule has 0 saturated carbocycles. The summed E-state index contributed by atoms with van der Waals surface area (Å²) in [7, 11) is 0. The van der Waals surface area contributed by atoms with E-state index in [9.17, 15) is 9.59 Å². The molecule has 1 atom stereocenters. The number of pyridine rings is 2. The van der Waals surface area contributed by atoms with Crippen molar-refractivity contribution in [2.45, 2.75) is 19.6 Å². The van der Waals surface area contributed by atoms with Gasteiger partial charge < -0.3 is 20.3 Å². The maximum atomic E-state index is 12.7. The number of anilines is 2. The summed E-state index contributed by atoms with van der Waals surface area (Å²) in [5.41, 5.74) is 1.97. The Kier molecular flexibility index (Phi) is 6.07. The fourth-order valence-corrected chi connectivity index (χ4v) is 3.28. The van der Waals surface area contributed by atoms with Gasteiger partial charge in [0.05, 0.1) is 37.1 Å². The quantitative estimate of drug-likeness (QED) is 0.614. The first kappa shape index (κ1) is 20.3. The number of fused-ring (bicyclic) bond motifs is 1. The molecule has 2 aromatic heterocycles. The van der Waals surface area contributed by atoms with Crippen molar-refractivity contribution in [3.8, 4) is 5.75 Å². The van der Waals surface area contributed by atoms with Gasteiger partial charge in [0.2, 0.25) is 5.91 Å². The largest absolute Gasteiger partial charge is 0.487 e. The van der Waals surface area contributed by atoms with Crippen LogP contribution in [0.5, 0.6) is 5.75 Å². The molecule has 3 heterocycles. The van der Waals surface area contributed by atoms with Crippen LogP contribution in [0.25, 0.3) is 0 Å². The third kappa shape index (κ3) is 4.98. The number of carbonyl (C=O) groups excluding carboxylic acids is 2. The van der Waals surface area contributed by atoms with Crippen molar-refractivity contribution in [3.63, 3.8) is 0 Å². The fraction of sp³-hybridized carbons (Fsp3) is 0.217. The highest BCUT2D eigenvalue weighted by Gasteiger charge is 2.26. The first-order valence-electron chi connectivity index (χ1n) is 10.0. The average Bonchev–Trinajstić information content (AvgIpc) is 2.80. The summed E-state index contributed by atoms with van der Waals surface area (Å²) < 4.78 is 5.73. The predicted molar refractivity (Wildman–Crippen MR) is 117 cm³/mol. The van der Waals surface area contributed by atoms with Gasteiger partial charge in [-0.1, -0.05) is 30.3 Å². The van der Waals surface area contributed by atoms with E-state index >= 15 is 0 Å². The number of nitrogens with zero attached hydrogens (tertiary/aromatic N) is 3. The molecule has 1 aliphatic heterocycles. The number of carbonyl (C=O) groups is 2. The third-order valence-electron chi connectivity index (χ3n) is 4.83. The minimum atomic E-state index is -0.283. The van der Waals surface area contributed by atoms with Crippen molar-refractivity contribution in [1.29, 1.82) is 0 Å². The van der Waals surface area contributed by atoms with Crippen molar-refractivity contribution < 1.29 is 14.3 Å². The number of aromatic nitrogens is 2. The lowest BCUT2D eigenvalue weighted by atomic mass is 10.1. The molecule has 31 heavy (non-hydrogen) atoms. The first-order chi connectivity index (χ1) is 15.1. The number of rotatable bonds is 7. The van der Waals surface area contributed by atoms with Crippen molar-refractivity contribution in [1.82, 2.24) is 15.3 Å². The van der Waals surface area contributed by atoms with Gasteiger partial charge in [-0.15, -0.1) is 0 Å². The van der Waals surface area contributed by atoms with Crippen LogP contribution in [0.2, 0.25) is 0 Å². The lowest BCUT2D eigenvalue weighted by molar-refractivity contribution is -0.117. The zero-order chi connectivity index (χ0) is 21.6. The van der Waals surface area contributed by atoms with Crippen molar-refractivity contribution in [2.24, 2.45) is 0 Å². The van der Waals surface area contributed by atoms with E-state index in [2.05, 4.69) is 20.6 Å². The van der Waals surface area contributed by atoms with Crippen LogP contribution in [-0.2, 0) is 11.3 Å². The van der Waals surface area contributed by atoms with Gasteiger partial charge in [-0.05, 0) is 30.7 Å². The molecule has 1 aliphatic rings. The number of hydrogen-bond acceptors (Lipinski definition) is 6. The summed E-state index contributed by atoms with van der Waals surface area (Å²) in [6.07, 6.45) is 4.56. The molecule has 8 heteroatoms. The zero-order valence-corrected chi connectivity index (χ0v) is 17.1. The van der Waals surface area contributed by atoms with E-state index in [1.54, 1.807) is 29.4 Å². The van der Waals surface area contributed by atoms with Crippen LogP contribution >= 0.6 is 0 Å². The highest BCUT2D eigenvalue weighted by molar-refractivity contribution is 6.04. The van der Waals surface area contributed by atoms with Gasteiger partial charge in [0.15, 0.2) is 5.82 Å². The normalized spacial score (nSPS) is 13.7. The third-order valence-corrected chi connectivity index (χ3v) is 4.83. The zero-order valence-electron chi connectivity index (χ0n) is 17.1. The smallest absolute Gasteiger partial charge is 0.253 e. The monoisotopic (exact) mass is 417 g/mol. The van der Waals surface area contributed by atoms with Crippen LogP contribution < -0.4 is 20.3 Å². The van der Waals surface area contributed by atoms with Crippen molar-refractivity contribution in [3.05, 3.63) is 78.2 Å². The number of benzene rings is 1. The molecular formula is C23H23N5O3. The summed E-state index contributed by atoms with van der Waals surface area (Å²) >= 11 is 0. The standard InChI is InChI=1S/C23H23N5O3/c1-16(31-19-8-5-9-24-13-19)11-27-23(30)18-10-20-22(25-12-18)26-14-21(29)28(20)15-17-6-3-2-4-7-17/h2-10,12-13,16H,11,14-15H2,1H3,(H,25,26)(H,27,30). The molecule has 2 amide bonds. The molecule has 158 valence electrons. The molecule has 3 aromatic rings. The summed E-state index contributed by atoms with van der Waals surface area (Å²) in [5, 5.41) is 5.87. The minimum Gasteiger partial charge on any atom is -0.487 e. The van der Waals surface area contributed by atoms with Crippen LogP contribution in [-0.4, -0.2) is 41.0 Å². The molecule has 2 N–H and O–H groups in total. The van der Waals surface area contributed by atoms with Crippen molar-refractivity contribution >= 4 is 23.3 Å². The van der Waals surface area contributed by atoms with Crippen LogP contribution in [0.4, 0.5) is 11.5 Å². The van der Waals surface area contributed by atoms with Gasteiger partial charge in [0.25, 0.3) is 5.91 Å². The van der Waals surface area contributed by atoms with Crippen LogP contribution in [0.3, 0.4) is 0 Å². The number of hydrogen-bond donors (Lipinski definition) is 2.